The van der Waals surface area contributed by atoms with Crippen LogP contribution in [0.3, 0.4) is 0 Å². The second-order valence-electron chi connectivity index (χ2n) is 4.18. The number of benzene rings is 1. The van der Waals surface area contributed by atoms with Gasteiger partial charge in [-0.2, -0.15) is 0 Å². The van der Waals surface area contributed by atoms with Crippen molar-refractivity contribution in [1.29, 1.82) is 0 Å². The van der Waals surface area contributed by atoms with Crippen LogP contribution in [0, 0.1) is 12.7 Å². The average molecular weight is 379 g/mol. The molecule has 0 fully saturated rings. The maximum absolute atomic E-state index is 13.6. The van der Waals surface area contributed by atoms with Gasteiger partial charge in [0.15, 0.2) is 0 Å². The highest BCUT2D eigenvalue weighted by Crippen LogP contribution is 2.22. The fourth-order valence-electron chi connectivity index (χ4n) is 1.53. The zero-order valence-corrected chi connectivity index (χ0v) is 13.7. The lowest BCUT2D eigenvalue weighted by molar-refractivity contribution is 0.577. The monoisotopic (exact) mass is 378 g/mol. The SMILES string of the molecule is Cc1c(N)cc(S(=O)(=O)NCc2cc(Br)cs2)cc1F. The summed E-state index contributed by atoms with van der Waals surface area (Å²) in [6, 6.07) is 4.04. The molecule has 3 N–H and O–H groups in total. The molecule has 108 valence electrons. The van der Waals surface area contributed by atoms with Crippen LogP contribution >= 0.6 is 27.3 Å². The highest BCUT2D eigenvalue weighted by atomic mass is 79.9. The van der Waals surface area contributed by atoms with Gasteiger partial charge in [-0.1, -0.05) is 0 Å². The van der Waals surface area contributed by atoms with Crippen LogP contribution in [0.1, 0.15) is 10.4 Å². The number of nitrogens with one attached hydrogen (secondary N) is 1. The van der Waals surface area contributed by atoms with Gasteiger partial charge in [0.2, 0.25) is 10.0 Å². The number of halogens is 2. The smallest absolute Gasteiger partial charge is 0.241 e. The minimum atomic E-state index is -3.79. The molecule has 1 heterocycles. The molecule has 0 spiro atoms. The second kappa shape index (κ2) is 5.80. The number of hydrogen-bond donors (Lipinski definition) is 2. The number of anilines is 1. The first-order valence-electron chi connectivity index (χ1n) is 5.58. The van der Waals surface area contributed by atoms with Crippen molar-refractivity contribution >= 4 is 43.0 Å². The second-order valence-corrected chi connectivity index (χ2v) is 7.85. The number of nitrogen functional groups attached to an aromatic ring is 1. The van der Waals surface area contributed by atoms with Crippen molar-refractivity contribution in [2.45, 2.75) is 18.4 Å². The summed E-state index contributed by atoms with van der Waals surface area (Å²) in [5.74, 6) is -0.635. The maximum atomic E-state index is 13.6. The first kappa shape index (κ1) is 15.4. The minimum Gasteiger partial charge on any atom is -0.398 e. The Labute approximate surface area is 129 Å². The van der Waals surface area contributed by atoms with E-state index in [2.05, 4.69) is 20.7 Å². The third kappa shape index (κ3) is 3.38. The summed E-state index contributed by atoms with van der Waals surface area (Å²) < 4.78 is 41.0. The van der Waals surface area contributed by atoms with Gasteiger partial charge in [0.25, 0.3) is 0 Å². The van der Waals surface area contributed by atoms with Crippen LogP contribution in [-0.4, -0.2) is 8.42 Å². The molecular weight excluding hydrogens is 367 g/mol. The Bertz CT molecular complexity index is 721. The van der Waals surface area contributed by atoms with Crippen molar-refractivity contribution in [2.24, 2.45) is 0 Å². The highest BCUT2D eigenvalue weighted by molar-refractivity contribution is 9.10. The molecule has 0 saturated heterocycles. The van der Waals surface area contributed by atoms with Gasteiger partial charge < -0.3 is 5.73 Å². The molecule has 0 aliphatic heterocycles. The fraction of sp³-hybridized carbons (Fsp3) is 0.167. The van der Waals surface area contributed by atoms with E-state index >= 15 is 0 Å². The first-order valence-corrected chi connectivity index (χ1v) is 8.73. The van der Waals surface area contributed by atoms with E-state index < -0.39 is 15.8 Å². The van der Waals surface area contributed by atoms with Crippen LogP contribution in [0.15, 0.2) is 32.9 Å². The standard InChI is InChI=1S/C12H12BrFN2O2S2/c1-7-11(14)3-10(4-12(7)15)20(17,18)16-5-9-2-8(13)6-19-9/h2-4,6,16H,5,15H2,1H3. The summed E-state index contributed by atoms with van der Waals surface area (Å²) in [5, 5.41) is 1.85. The molecule has 2 aromatic rings. The van der Waals surface area contributed by atoms with Gasteiger partial charge in [-0.3, -0.25) is 0 Å². The van der Waals surface area contributed by atoms with E-state index in [1.54, 1.807) is 0 Å². The summed E-state index contributed by atoms with van der Waals surface area (Å²) in [4.78, 5) is 0.676. The summed E-state index contributed by atoms with van der Waals surface area (Å²) in [6.45, 7) is 1.64. The van der Waals surface area contributed by atoms with Crippen molar-refractivity contribution in [1.82, 2.24) is 4.72 Å². The summed E-state index contributed by atoms with van der Waals surface area (Å²) in [7, 11) is -3.79. The van der Waals surface area contributed by atoms with E-state index in [1.165, 1.54) is 24.3 Å². The normalized spacial score (nSPS) is 11.8. The third-order valence-electron chi connectivity index (χ3n) is 2.73. The quantitative estimate of drug-likeness (QED) is 0.803. The Morgan fingerprint density at radius 3 is 2.65 bits per heavy atom. The van der Waals surface area contributed by atoms with Crippen molar-refractivity contribution in [3.05, 3.63) is 44.3 Å². The molecule has 1 aromatic heterocycles. The van der Waals surface area contributed by atoms with Gasteiger partial charge in [0.05, 0.1) is 4.90 Å². The zero-order valence-electron chi connectivity index (χ0n) is 10.5. The topological polar surface area (TPSA) is 72.2 Å². The van der Waals surface area contributed by atoms with Crippen molar-refractivity contribution < 1.29 is 12.8 Å². The van der Waals surface area contributed by atoms with E-state index in [0.717, 1.165) is 15.4 Å². The third-order valence-corrected chi connectivity index (χ3v) is 5.80. The molecule has 0 bridgehead atoms. The highest BCUT2D eigenvalue weighted by Gasteiger charge is 2.17. The lowest BCUT2D eigenvalue weighted by atomic mass is 10.2. The minimum absolute atomic E-state index is 0.115. The van der Waals surface area contributed by atoms with Gasteiger partial charge >= 0.3 is 0 Å². The Balaban J connectivity index is 2.22. The largest absolute Gasteiger partial charge is 0.398 e. The molecule has 2 rings (SSSR count). The molecule has 8 heteroatoms. The number of thiophene rings is 1. The predicted octanol–water partition coefficient (Wildman–Crippen LogP) is 3.02. The van der Waals surface area contributed by atoms with Crippen molar-refractivity contribution in [3.8, 4) is 0 Å². The molecule has 0 aliphatic carbocycles. The Morgan fingerprint density at radius 1 is 1.40 bits per heavy atom. The lowest BCUT2D eigenvalue weighted by Gasteiger charge is -2.08. The van der Waals surface area contributed by atoms with Crippen LogP contribution in [-0.2, 0) is 16.6 Å². The van der Waals surface area contributed by atoms with E-state index in [0.29, 0.717) is 0 Å². The molecule has 0 aliphatic rings. The summed E-state index contributed by atoms with van der Waals surface area (Å²) >= 11 is 4.71. The van der Waals surface area contributed by atoms with E-state index in [1.807, 2.05) is 11.4 Å². The van der Waals surface area contributed by atoms with Gasteiger partial charge in [-0.05, 0) is 41.1 Å². The Hall–Kier alpha value is -0.960. The molecule has 0 amide bonds. The van der Waals surface area contributed by atoms with Crippen LogP contribution in [0.4, 0.5) is 10.1 Å². The molecule has 4 nitrogen and oxygen atoms in total. The Morgan fingerprint density at radius 2 is 2.10 bits per heavy atom. The maximum Gasteiger partial charge on any atom is 0.241 e. The molecule has 0 saturated carbocycles. The first-order chi connectivity index (χ1) is 9.29. The number of nitrogens with two attached hydrogens (primary N) is 1. The molecule has 0 radical (unpaired) electrons. The van der Waals surface area contributed by atoms with Gasteiger partial charge in [0, 0.05) is 32.5 Å². The lowest BCUT2D eigenvalue weighted by Crippen LogP contribution is -2.23. The van der Waals surface area contributed by atoms with E-state index in [4.69, 9.17) is 5.73 Å². The Kier molecular flexibility index (Phi) is 4.48. The van der Waals surface area contributed by atoms with Gasteiger partial charge in [-0.15, -0.1) is 11.3 Å². The molecule has 1 aromatic carbocycles. The fourth-order valence-corrected chi connectivity index (χ4v) is 4.06. The predicted molar refractivity (Wildman–Crippen MR) is 81.6 cm³/mol. The number of rotatable bonds is 4. The van der Waals surface area contributed by atoms with E-state index in [-0.39, 0.29) is 22.7 Å². The summed E-state index contributed by atoms with van der Waals surface area (Å²) in [6.07, 6.45) is 0. The molecule has 0 unspecified atom stereocenters. The number of hydrogen-bond acceptors (Lipinski definition) is 4. The number of sulfonamides is 1. The van der Waals surface area contributed by atoms with Crippen molar-refractivity contribution in [2.75, 3.05) is 5.73 Å². The molecule has 20 heavy (non-hydrogen) atoms. The van der Waals surface area contributed by atoms with Crippen molar-refractivity contribution in [3.63, 3.8) is 0 Å². The molecule has 0 atom stereocenters. The van der Waals surface area contributed by atoms with Gasteiger partial charge in [0.1, 0.15) is 5.82 Å². The van der Waals surface area contributed by atoms with Crippen LogP contribution in [0.25, 0.3) is 0 Å². The average Bonchev–Trinajstić information content (AvgIpc) is 2.79. The zero-order chi connectivity index (χ0) is 14.9. The van der Waals surface area contributed by atoms with Crippen LogP contribution in [0.2, 0.25) is 0 Å². The van der Waals surface area contributed by atoms with Gasteiger partial charge in [-0.25, -0.2) is 17.5 Å². The van der Waals surface area contributed by atoms with E-state index in [9.17, 15) is 12.8 Å². The van der Waals surface area contributed by atoms with Crippen LogP contribution in [0.5, 0.6) is 0 Å². The summed E-state index contributed by atoms with van der Waals surface area (Å²) in [5.41, 5.74) is 5.95. The van der Waals surface area contributed by atoms with Crippen LogP contribution < -0.4 is 10.5 Å². The molecular formula is C12H12BrFN2O2S2.